The number of pyridine rings is 1. The molecule has 0 saturated carbocycles. The number of nitrogens with one attached hydrogen (secondary N) is 1. The molecule has 0 bridgehead atoms. The van der Waals surface area contributed by atoms with Crippen LogP contribution in [0.2, 0.25) is 0 Å². The molecule has 1 aromatic rings. The number of aliphatic hydroxyl groups is 1. The zero-order chi connectivity index (χ0) is 15.2. The lowest BCUT2D eigenvalue weighted by molar-refractivity contribution is 0.0473. The number of rotatable bonds is 5. The van der Waals surface area contributed by atoms with Crippen LogP contribution in [-0.4, -0.2) is 46.6 Å². The summed E-state index contributed by atoms with van der Waals surface area (Å²) >= 11 is 0. The molecule has 0 spiro atoms. The number of piperidine rings is 1. The summed E-state index contributed by atoms with van der Waals surface area (Å²) < 4.78 is 0. The molecule has 2 rings (SSSR count). The number of anilines is 1. The van der Waals surface area contributed by atoms with Crippen LogP contribution < -0.4 is 5.32 Å². The fourth-order valence-corrected chi connectivity index (χ4v) is 2.56. The molecule has 5 nitrogen and oxygen atoms in total. The first kappa shape index (κ1) is 15.8. The molecule has 1 unspecified atom stereocenters. The molecule has 0 aromatic carbocycles. The predicted molar refractivity (Wildman–Crippen MR) is 83.5 cm³/mol. The summed E-state index contributed by atoms with van der Waals surface area (Å²) in [6.07, 6.45) is 3.06. The molecule has 21 heavy (non-hydrogen) atoms. The lowest BCUT2D eigenvalue weighted by Crippen LogP contribution is -2.42. The van der Waals surface area contributed by atoms with Crippen molar-refractivity contribution >= 4 is 11.7 Å². The van der Waals surface area contributed by atoms with E-state index in [9.17, 15) is 9.90 Å². The summed E-state index contributed by atoms with van der Waals surface area (Å²) in [7, 11) is 0. The Morgan fingerprint density at radius 1 is 1.48 bits per heavy atom. The molecule has 1 aromatic heterocycles. The molecule has 0 radical (unpaired) electrons. The molecular formula is C16H25N3O2. The second kappa shape index (κ2) is 7.41. The van der Waals surface area contributed by atoms with Crippen molar-refractivity contribution in [2.75, 3.05) is 25.0 Å². The van der Waals surface area contributed by atoms with E-state index in [1.165, 1.54) is 0 Å². The summed E-state index contributed by atoms with van der Waals surface area (Å²) in [5, 5.41) is 13.0. The smallest absolute Gasteiger partial charge is 0.254 e. The van der Waals surface area contributed by atoms with E-state index in [2.05, 4.69) is 17.2 Å². The van der Waals surface area contributed by atoms with Crippen LogP contribution in [0.4, 0.5) is 5.82 Å². The number of nitrogens with zero attached hydrogens (tertiary/aromatic N) is 2. The minimum Gasteiger partial charge on any atom is -0.391 e. The average Bonchev–Trinajstić information content (AvgIpc) is 2.51. The maximum Gasteiger partial charge on any atom is 0.254 e. The molecule has 1 atom stereocenters. The molecule has 1 fully saturated rings. The minimum atomic E-state index is -0.395. The second-order valence-electron chi connectivity index (χ2n) is 5.56. The van der Waals surface area contributed by atoms with Crippen molar-refractivity contribution in [3.05, 3.63) is 23.4 Å². The van der Waals surface area contributed by atoms with Gasteiger partial charge in [-0.05, 0) is 37.8 Å². The number of aromatic nitrogens is 1. The van der Waals surface area contributed by atoms with Crippen molar-refractivity contribution in [1.29, 1.82) is 0 Å². The zero-order valence-electron chi connectivity index (χ0n) is 12.9. The molecule has 1 aliphatic rings. The van der Waals surface area contributed by atoms with Gasteiger partial charge in [0.25, 0.3) is 5.91 Å². The maximum atomic E-state index is 12.6. The van der Waals surface area contributed by atoms with Crippen LogP contribution in [0.25, 0.3) is 0 Å². The first-order valence-electron chi connectivity index (χ1n) is 7.86. The standard InChI is InChI=1S/C16H25N3O2/c1-3-7-17-15-10-12(9-13(4-2)18-15)16(21)19-8-5-6-14(20)11-19/h9-10,14,20H,3-8,11H2,1-2H3,(H,17,18). The number of carbonyl (C=O) groups is 1. The van der Waals surface area contributed by atoms with Crippen LogP contribution in [0.5, 0.6) is 0 Å². The van der Waals surface area contributed by atoms with Gasteiger partial charge in [0, 0.05) is 30.9 Å². The lowest BCUT2D eigenvalue weighted by atomic mass is 10.1. The van der Waals surface area contributed by atoms with Crippen LogP contribution >= 0.6 is 0 Å². The lowest BCUT2D eigenvalue weighted by Gasteiger charge is -2.30. The highest BCUT2D eigenvalue weighted by Gasteiger charge is 2.23. The van der Waals surface area contributed by atoms with Crippen LogP contribution in [0, 0.1) is 0 Å². The molecule has 5 heteroatoms. The van der Waals surface area contributed by atoms with Crippen molar-refractivity contribution < 1.29 is 9.90 Å². The maximum absolute atomic E-state index is 12.6. The Bertz CT molecular complexity index is 490. The number of carbonyl (C=O) groups excluding carboxylic acids is 1. The molecule has 2 heterocycles. The van der Waals surface area contributed by atoms with Crippen molar-refractivity contribution in [3.63, 3.8) is 0 Å². The van der Waals surface area contributed by atoms with Crippen LogP contribution in [0.1, 0.15) is 49.2 Å². The van der Waals surface area contributed by atoms with E-state index >= 15 is 0 Å². The largest absolute Gasteiger partial charge is 0.391 e. The van der Waals surface area contributed by atoms with Gasteiger partial charge in [0.05, 0.1) is 6.10 Å². The first-order valence-corrected chi connectivity index (χ1v) is 7.86. The fourth-order valence-electron chi connectivity index (χ4n) is 2.56. The molecule has 0 aliphatic carbocycles. The van der Waals surface area contributed by atoms with Gasteiger partial charge in [-0.3, -0.25) is 4.79 Å². The second-order valence-corrected chi connectivity index (χ2v) is 5.56. The van der Waals surface area contributed by atoms with Crippen molar-refractivity contribution in [3.8, 4) is 0 Å². The number of β-amino-alcohol motifs (C(OH)–C–C–N with tert-alkyl or cyclic N) is 1. The third-order valence-electron chi connectivity index (χ3n) is 3.73. The molecule has 116 valence electrons. The van der Waals surface area contributed by atoms with Gasteiger partial charge in [-0.1, -0.05) is 13.8 Å². The number of hydrogen-bond acceptors (Lipinski definition) is 4. The minimum absolute atomic E-state index is 0.00889. The topological polar surface area (TPSA) is 65.5 Å². The Morgan fingerprint density at radius 2 is 2.29 bits per heavy atom. The fraction of sp³-hybridized carbons (Fsp3) is 0.625. The summed E-state index contributed by atoms with van der Waals surface area (Å²) in [6, 6.07) is 3.68. The third kappa shape index (κ3) is 4.17. The number of likely N-dealkylation sites (tertiary alicyclic amines) is 1. The molecule has 2 N–H and O–H groups in total. The third-order valence-corrected chi connectivity index (χ3v) is 3.73. The summed E-state index contributed by atoms with van der Waals surface area (Å²) in [5.41, 5.74) is 1.58. The highest BCUT2D eigenvalue weighted by atomic mass is 16.3. The van der Waals surface area contributed by atoms with Gasteiger partial charge < -0.3 is 15.3 Å². The van der Waals surface area contributed by atoms with Crippen LogP contribution in [0.15, 0.2) is 12.1 Å². The van der Waals surface area contributed by atoms with Gasteiger partial charge in [-0.15, -0.1) is 0 Å². The summed E-state index contributed by atoms with van der Waals surface area (Å²) in [4.78, 5) is 18.8. The Balaban J connectivity index is 2.18. The quantitative estimate of drug-likeness (QED) is 0.871. The Hall–Kier alpha value is -1.62. The van der Waals surface area contributed by atoms with Gasteiger partial charge >= 0.3 is 0 Å². The van der Waals surface area contributed by atoms with Crippen LogP contribution in [0.3, 0.4) is 0 Å². The highest BCUT2D eigenvalue weighted by Crippen LogP contribution is 2.17. The van der Waals surface area contributed by atoms with E-state index in [0.29, 0.717) is 12.1 Å². The van der Waals surface area contributed by atoms with Crippen LogP contribution in [-0.2, 0) is 6.42 Å². The normalized spacial score (nSPS) is 18.6. The zero-order valence-corrected chi connectivity index (χ0v) is 12.9. The molecule has 1 saturated heterocycles. The van der Waals surface area contributed by atoms with E-state index in [1.807, 2.05) is 19.1 Å². The SMILES string of the molecule is CCCNc1cc(C(=O)N2CCCC(O)C2)cc(CC)n1. The van der Waals surface area contributed by atoms with Crippen molar-refractivity contribution in [1.82, 2.24) is 9.88 Å². The first-order chi connectivity index (χ1) is 10.1. The number of aliphatic hydroxyl groups excluding tert-OH is 1. The number of hydrogen-bond donors (Lipinski definition) is 2. The van der Waals surface area contributed by atoms with E-state index < -0.39 is 6.10 Å². The van der Waals surface area contributed by atoms with Crippen molar-refractivity contribution in [2.24, 2.45) is 0 Å². The predicted octanol–water partition coefficient (Wildman–Crippen LogP) is 2.06. The van der Waals surface area contributed by atoms with E-state index in [4.69, 9.17) is 0 Å². The monoisotopic (exact) mass is 291 g/mol. The Kier molecular flexibility index (Phi) is 5.56. The van der Waals surface area contributed by atoms with E-state index in [-0.39, 0.29) is 5.91 Å². The van der Waals surface area contributed by atoms with Crippen molar-refractivity contribution in [2.45, 2.75) is 45.6 Å². The van der Waals surface area contributed by atoms with Gasteiger partial charge in [-0.25, -0.2) is 4.98 Å². The summed E-state index contributed by atoms with van der Waals surface area (Å²) in [5.74, 6) is 0.752. The summed E-state index contributed by atoms with van der Waals surface area (Å²) in [6.45, 7) is 6.12. The van der Waals surface area contributed by atoms with Gasteiger partial charge in [0.2, 0.25) is 0 Å². The highest BCUT2D eigenvalue weighted by molar-refractivity contribution is 5.95. The molecule has 1 amide bonds. The molecular weight excluding hydrogens is 266 g/mol. The number of amides is 1. The van der Waals surface area contributed by atoms with Gasteiger partial charge in [0.15, 0.2) is 0 Å². The Labute approximate surface area is 126 Å². The number of aryl methyl sites for hydroxylation is 1. The van der Waals surface area contributed by atoms with E-state index in [1.54, 1.807) is 4.90 Å². The Morgan fingerprint density at radius 3 is 2.95 bits per heavy atom. The van der Waals surface area contributed by atoms with Gasteiger partial charge in [0.1, 0.15) is 5.82 Å². The molecule has 1 aliphatic heterocycles. The average molecular weight is 291 g/mol. The van der Waals surface area contributed by atoms with Gasteiger partial charge in [-0.2, -0.15) is 0 Å². The van der Waals surface area contributed by atoms with E-state index in [0.717, 1.165) is 50.3 Å².